The van der Waals surface area contributed by atoms with Crippen molar-refractivity contribution in [3.05, 3.63) is 11.8 Å². The molecule has 0 aliphatic heterocycles. The van der Waals surface area contributed by atoms with Crippen molar-refractivity contribution in [3.8, 4) is 0 Å². The van der Waals surface area contributed by atoms with Crippen molar-refractivity contribution in [1.82, 2.24) is 10.2 Å². The van der Waals surface area contributed by atoms with E-state index in [1.54, 1.807) is 11.8 Å². The predicted octanol–water partition coefficient (Wildman–Crippen LogP) is 1.38. The minimum Gasteiger partial charge on any atom is -0.424 e. The molecule has 1 atom stereocenters. The molecule has 0 spiro atoms. The number of hydrogen-bond donors (Lipinski definition) is 1. The summed E-state index contributed by atoms with van der Waals surface area (Å²) in [6, 6.07) is -0.111. The minimum absolute atomic E-state index is 0.111. The Morgan fingerprint density at radius 1 is 1.54 bits per heavy atom. The molecule has 0 saturated heterocycles. The lowest BCUT2D eigenvalue weighted by atomic mass is 10.2. The van der Waals surface area contributed by atoms with Gasteiger partial charge in [0.25, 0.3) is 0 Å². The summed E-state index contributed by atoms with van der Waals surface area (Å²) in [5.41, 5.74) is 5.84. The van der Waals surface area contributed by atoms with Gasteiger partial charge in [0.15, 0.2) is 0 Å². The maximum Gasteiger partial charge on any atom is 0.233 e. The Hall–Kier alpha value is -0.550. The standard InChI is InChI=1S/C8H15N3OS/c1-3-7-10-11-8(12-7)6(9)4-5-13-2/h6H,3-5,9H2,1-2H3/t6-/m0/s1. The molecular weight excluding hydrogens is 186 g/mol. The fraction of sp³-hybridized carbons (Fsp3) is 0.750. The summed E-state index contributed by atoms with van der Waals surface area (Å²) in [4.78, 5) is 0. The van der Waals surface area contributed by atoms with Gasteiger partial charge in [0.2, 0.25) is 11.8 Å². The fourth-order valence-corrected chi connectivity index (χ4v) is 1.42. The number of aromatic nitrogens is 2. The SMILES string of the molecule is CCc1nnc([C@@H](N)CCSC)o1. The molecule has 1 aromatic heterocycles. The van der Waals surface area contributed by atoms with Crippen LogP contribution in [0, 0.1) is 0 Å². The number of rotatable bonds is 5. The fourth-order valence-electron chi connectivity index (χ4n) is 0.928. The zero-order valence-electron chi connectivity index (χ0n) is 7.99. The lowest BCUT2D eigenvalue weighted by molar-refractivity contribution is 0.417. The molecule has 0 amide bonds. The van der Waals surface area contributed by atoms with Crippen LogP contribution in [0.3, 0.4) is 0 Å². The van der Waals surface area contributed by atoms with Gasteiger partial charge in [-0.15, -0.1) is 10.2 Å². The van der Waals surface area contributed by atoms with Gasteiger partial charge in [0.05, 0.1) is 6.04 Å². The molecule has 13 heavy (non-hydrogen) atoms. The highest BCUT2D eigenvalue weighted by Crippen LogP contribution is 2.14. The second kappa shape index (κ2) is 5.24. The molecule has 0 aromatic carbocycles. The van der Waals surface area contributed by atoms with Crippen molar-refractivity contribution in [1.29, 1.82) is 0 Å². The molecule has 0 aliphatic carbocycles. The molecule has 1 heterocycles. The summed E-state index contributed by atoms with van der Waals surface area (Å²) < 4.78 is 5.34. The van der Waals surface area contributed by atoms with Crippen LogP contribution in [0.4, 0.5) is 0 Å². The molecule has 74 valence electrons. The van der Waals surface area contributed by atoms with E-state index in [0.717, 1.165) is 18.6 Å². The quantitative estimate of drug-likeness (QED) is 0.779. The maximum atomic E-state index is 5.84. The van der Waals surface area contributed by atoms with Crippen molar-refractivity contribution >= 4 is 11.8 Å². The van der Waals surface area contributed by atoms with Crippen molar-refractivity contribution in [2.75, 3.05) is 12.0 Å². The van der Waals surface area contributed by atoms with Gasteiger partial charge in [-0.3, -0.25) is 0 Å². The third-order valence-corrected chi connectivity index (χ3v) is 2.38. The molecule has 1 aromatic rings. The number of aryl methyl sites for hydroxylation is 1. The average Bonchev–Trinajstić information content (AvgIpc) is 2.62. The van der Waals surface area contributed by atoms with Crippen LogP contribution >= 0.6 is 11.8 Å². The van der Waals surface area contributed by atoms with Gasteiger partial charge in [-0.1, -0.05) is 6.92 Å². The molecule has 0 fully saturated rings. The van der Waals surface area contributed by atoms with Crippen LogP contribution < -0.4 is 5.73 Å². The summed E-state index contributed by atoms with van der Waals surface area (Å²) in [6.45, 7) is 1.98. The van der Waals surface area contributed by atoms with Crippen molar-refractivity contribution in [3.63, 3.8) is 0 Å². The summed E-state index contributed by atoms with van der Waals surface area (Å²) >= 11 is 1.77. The number of nitrogens with zero attached hydrogens (tertiary/aromatic N) is 2. The molecule has 2 N–H and O–H groups in total. The van der Waals surface area contributed by atoms with Gasteiger partial charge in [-0.05, 0) is 18.4 Å². The molecule has 0 aliphatic rings. The number of nitrogens with two attached hydrogens (primary N) is 1. The highest BCUT2D eigenvalue weighted by atomic mass is 32.2. The normalized spacial score (nSPS) is 13.2. The van der Waals surface area contributed by atoms with E-state index in [1.807, 2.05) is 6.92 Å². The van der Waals surface area contributed by atoms with E-state index in [0.29, 0.717) is 11.8 Å². The molecule has 0 saturated carbocycles. The second-order valence-electron chi connectivity index (χ2n) is 2.78. The molecule has 0 radical (unpaired) electrons. The van der Waals surface area contributed by atoms with Crippen molar-refractivity contribution in [2.24, 2.45) is 5.73 Å². The first-order valence-corrected chi connectivity index (χ1v) is 5.74. The van der Waals surface area contributed by atoms with Crippen LogP contribution in [0.25, 0.3) is 0 Å². The van der Waals surface area contributed by atoms with Gasteiger partial charge >= 0.3 is 0 Å². The highest BCUT2D eigenvalue weighted by molar-refractivity contribution is 7.98. The Labute approximate surface area is 82.3 Å². The highest BCUT2D eigenvalue weighted by Gasteiger charge is 2.12. The lowest BCUT2D eigenvalue weighted by Gasteiger charge is -2.03. The smallest absolute Gasteiger partial charge is 0.233 e. The maximum absolute atomic E-state index is 5.84. The van der Waals surface area contributed by atoms with E-state index in [-0.39, 0.29) is 6.04 Å². The van der Waals surface area contributed by atoms with Crippen molar-refractivity contribution < 1.29 is 4.42 Å². The Kier molecular flexibility index (Phi) is 4.24. The predicted molar refractivity (Wildman–Crippen MR) is 53.6 cm³/mol. The van der Waals surface area contributed by atoms with Gasteiger partial charge in [-0.25, -0.2) is 0 Å². The minimum atomic E-state index is -0.111. The number of thioether (sulfide) groups is 1. The topological polar surface area (TPSA) is 64.9 Å². The first kappa shape index (κ1) is 10.5. The van der Waals surface area contributed by atoms with Gasteiger partial charge in [0, 0.05) is 6.42 Å². The molecular formula is C8H15N3OS. The molecule has 1 rings (SSSR count). The first-order valence-electron chi connectivity index (χ1n) is 4.34. The molecule has 5 heteroatoms. The second-order valence-corrected chi connectivity index (χ2v) is 3.76. The van der Waals surface area contributed by atoms with Crippen LogP contribution in [0.2, 0.25) is 0 Å². The third-order valence-electron chi connectivity index (χ3n) is 1.74. The Bertz CT molecular complexity index is 251. The average molecular weight is 201 g/mol. The summed E-state index contributed by atoms with van der Waals surface area (Å²) in [5.74, 6) is 2.24. The monoisotopic (exact) mass is 201 g/mol. The van der Waals surface area contributed by atoms with Crippen molar-refractivity contribution in [2.45, 2.75) is 25.8 Å². The first-order chi connectivity index (χ1) is 6.27. The number of hydrogen-bond acceptors (Lipinski definition) is 5. The zero-order chi connectivity index (χ0) is 9.68. The van der Waals surface area contributed by atoms with E-state index in [9.17, 15) is 0 Å². The molecule has 4 nitrogen and oxygen atoms in total. The van der Waals surface area contributed by atoms with E-state index in [1.165, 1.54) is 0 Å². The van der Waals surface area contributed by atoms with E-state index in [2.05, 4.69) is 16.5 Å². The summed E-state index contributed by atoms with van der Waals surface area (Å²) in [7, 11) is 0. The van der Waals surface area contributed by atoms with Crippen LogP contribution in [0.5, 0.6) is 0 Å². The van der Waals surface area contributed by atoms with E-state index in [4.69, 9.17) is 10.2 Å². The summed E-state index contributed by atoms with van der Waals surface area (Å²) in [5, 5.41) is 7.75. The van der Waals surface area contributed by atoms with E-state index < -0.39 is 0 Å². The third kappa shape index (κ3) is 3.00. The Morgan fingerprint density at radius 3 is 2.85 bits per heavy atom. The van der Waals surface area contributed by atoms with Gasteiger partial charge in [-0.2, -0.15) is 11.8 Å². The Morgan fingerprint density at radius 2 is 2.31 bits per heavy atom. The lowest BCUT2D eigenvalue weighted by Crippen LogP contribution is -2.11. The summed E-state index contributed by atoms with van der Waals surface area (Å²) in [6.07, 6.45) is 3.70. The molecule has 0 bridgehead atoms. The Balaban J connectivity index is 2.50. The van der Waals surface area contributed by atoms with Gasteiger partial charge < -0.3 is 10.2 Å². The van der Waals surface area contributed by atoms with Crippen LogP contribution in [0.1, 0.15) is 31.2 Å². The van der Waals surface area contributed by atoms with Crippen LogP contribution in [0.15, 0.2) is 4.42 Å². The van der Waals surface area contributed by atoms with Crippen LogP contribution in [-0.4, -0.2) is 22.2 Å². The molecule has 0 unspecified atom stereocenters. The zero-order valence-corrected chi connectivity index (χ0v) is 8.80. The van der Waals surface area contributed by atoms with E-state index >= 15 is 0 Å². The van der Waals surface area contributed by atoms with Gasteiger partial charge in [0.1, 0.15) is 0 Å². The van der Waals surface area contributed by atoms with Crippen LogP contribution in [-0.2, 0) is 6.42 Å². The largest absolute Gasteiger partial charge is 0.424 e.